The number of ether oxygens (including phenoxy) is 1. The van der Waals surface area contributed by atoms with Crippen LogP contribution in [0.3, 0.4) is 0 Å². The monoisotopic (exact) mass is 448 g/mol. The molecule has 1 aliphatic carbocycles. The minimum atomic E-state index is -0.379. The van der Waals surface area contributed by atoms with Crippen LogP contribution in [0.1, 0.15) is 42.9 Å². The summed E-state index contributed by atoms with van der Waals surface area (Å²) in [5, 5.41) is 0. The van der Waals surface area contributed by atoms with Gasteiger partial charge in [0, 0.05) is 66.1 Å². The summed E-state index contributed by atoms with van der Waals surface area (Å²) < 4.78 is 20.1. The Labute approximate surface area is 193 Å². The fourth-order valence-corrected chi connectivity index (χ4v) is 3.82. The summed E-state index contributed by atoms with van der Waals surface area (Å²) in [5.74, 6) is 0.854. The molecule has 1 aromatic heterocycles. The highest BCUT2D eigenvalue weighted by atomic mass is 19.1. The van der Waals surface area contributed by atoms with Crippen LogP contribution in [0.25, 0.3) is 5.70 Å². The van der Waals surface area contributed by atoms with E-state index in [1.807, 2.05) is 13.0 Å². The van der Waals surface area contributed by atoms with Gasteiger partial charge in [0.1, 0.15) is 12.4 Å². The van der Waals surface area contributed by atoms with E-state index in [0.29, 0.717) is 47.2 Å². The Morgan fingerprint density at radius 2 is 2.06 bits per heavy atom. The number of fused-ring (bicyclic) bond motifs is 3. The molecule has 0 radical (unpaired) electrons. The molecule has 0 amide bonds. The highest BCUT2D eigenvalue weighted by Gasteiger charge is 2.24. The van der Waals surface area contributed by atoms with Crippen LogP contribution in [-0.2, 0) is 6.61 Å². The molecule has 2 bridgehead atoms. The van der Waals surface area contributed by atoms with E-state index in [4.69, 9.17) is 26.9 Å². The van der Waals surface area contributed by atoms with Crippen LogP contribution >= 0.6 is 0 Å². The molecule has 0 atom stereocenters. The molecule has 7 nitrogen and oxygen atoms in total. The van der Waals surface area contributed by atoms with Gasteiger partial charge in [0.15, 0.2) is 11.6 Å². The fourth-order valence-electron chi connectivity index (χ4n) is 3.82. The molecule has 8 heteroatoms. The topological polar surface area (TPSA) is 125 Å². The van der Waals surface area contributed by atoms with Crippen molar-refractivity contribution in [1.82, 2.24) is 4.98 Å². The number of pyridine rings is 1. The molecule has 1 saturated carbocycles. The van der Waals surface area contributed by atoms with Crippen molar-refractivity contribution >= 4 is 23.4 Å². The zero-order valence-electron chi connectivity index (χ0n) is 18.9. The molecule has 6 N–H and O–H groups in total. The molecule has 1 fully saturated rings. The van der Waals surface area contributed by atoms with Gasteiger partial charge in [-0.05, 0) is 55.5 Å². The number of hydrogen-bond donors (Lipinski definition) is 3. The van der Waals surface area contributed by atoms with E-state index in [-0.39, 0.29) is 18.2 Å². The van der Waals surface area contributed by atoms with Crippen LogP contribution in [0.5, 0.6) is 5.75 Å². The predicted octanol–water partition coefficient (Wildman–Crippen LogP) is 3.59. The standard InChI is InChI=1S/C25H29FN6O/c1-14(27)21-8-16(11-30-2)23(28)20-6-5-19(26)7-18(20)13-33-22-9-17(12-32-25(22)29)24(21)31-10-15-3-4-15/h5-7,9,11-12,15H,3-4,8,10,13,27-28H2,1-2H3,(H2,29,32). The highest BCUT2D eigenvalue weighted by Crippen LogP contribution is 2.32. The lowest BCUT2D eigenvalue weighted by molar-refractivity contribution is 0.306. The lowest BCUT2D eigenvalue weighted by Gasteiger charge is -2.20. The van der Waals surface area contributed by atoms with E-state index in [0.717, 1.165) is 22.4 Å². The summed E-state index contributed by atoms with van der Waals surface area (Å²) in [6, 6.07) is 6.26. The summed E-state index contributed by atoms with van der Waals surface area (Å²) in [5.41, 5.74) is 24.5. The predicted molar refractivity (Wildman–Crippen MR) is 131 cm³/mol. The number of rotatable bonds is 3. The Balaban J connectivity index is 1.95. The number of nitrogen functional groups attached to an aromatic ring is 1. The molecule has 0 spiro atoms. The van der Waals surface area contributed by atoms with Gasteiger partial charge in [0.2, 0.25) is 0 Å². The first-order chi connectivity index (χ1) is 15.9. The van der Waals surface area contributed by atoms with E-state index in [9.17, 15) is 4.39 Å². The number of aliphatic imine (C=N–C) groups is 2. The van der Waals surface area contributed by atoms with Crippen LogP contribution in [0, 0.1) is 11.7 Å². The number of halogens is 1. The Bertz CT molecular complexity index is 1190. The van der Waals surface area contributed by atoms with Crippen LogP contribution in [0.2, 0.25) is 0 Å². The van der Waals surface area contributed by atoms with Gasteiger partial charge in [-0.25, -0.2) is 9.37 Å². The normalized spacial score (nSPS) is 19.7. The molecule has 1 aromatic carbocycles. The summed E-state index contributed by atoms with van der Waals surface area (Å²) >= 11 is 0. The minimum absolute atomic E-state index is 0.0762. The third-order valence-electron chi connectivity index (χ3n) is 5.86. The summed E-state index contributed by atoms with van der Waals surface area (Å²) in [6.07, 6.45) is 6.16. The van der Waals surface area contributed by atoms with Crippen molar-refractivity contribution in [2.45, 2.75) is 32.8 Å². The van der Waals surface area contributed by atoms with Crippen molar-refractivity contribution in [3.05, 3.63) is 69.8 Å². The van der Waals surface area contributed by atoms with Crippen molar-refractivity contribution in [3.63, 3.8) is 0 Å². The number of nitrogens with zero attached hydrogens (tertiary/aromatic N) is 3. The van der Waals surface area contributed by atoms with Gasteiger partial charge in [-0.15, -0.1) is 0 Å². The van der Waals surface area contributed by atoms with Crippen molar-refractivity contribution < 1.29 is 9.13 Å². The maximum Gasteiger partial charge on any atom is 0.166 e. The first kappa shape index (κ1) is 22.5. The van der Waals surface area contributed by atoms with Gasteiger partial charge < -0.3 is 21.9 Å². The molecule has 0 unspecified atom stereocenters. The second kappa shape index (κ2) is 9.44. The third kappa shape index (κ3) is 5.05. The molecule has 2 heterocycles. The number of anilines is 1. The molecule has 0 saturated heterocycles. The van der Waals surface area contributed by atoms with Crippen LogP contribution < -0.4 is 21.9 Å². The molecule has 1 aliphatic heterocycles. The Morgan fingerprint density at radius 1 is 1.27 bits per heavy atom. The molecule has 172 valence electrons. The number of aromatic nitrogens is 1. The summed E-state index contributed by atoms with van der Waals surface area (Å²) in [6.45, 7) is 2.63. The Kier molecular flexibility index (Phi) is 6.44. The first-order valence-corrected chi connectivity index (χ1v) is 11.0. The van der Waals surface area contributed by atoms with E-state index in [2.05, 4.69) is 9.98 Å². The maximum absolute atomic E-state index is 14.1. The van der Waals surface area contributed by atoms with Crippen molar-refractivity contribution in [2.24, 2.45) is 27.4 Å². The van der Waals surface area contributed by atoms with Gasteiger partial charge in [0.25, 0.3) is 0 Å². The van der Waals surface area contributed by atoms with E-state index in [1.54, 1.807) is 25.5 Å². The van der Waals surface area contributed by atoms with Crippen molar-refractivity contribution in [2.75, 3.05) is 19.3 Å². The maximum atomic E-state index is 14.1. The van der Waals surface area contributed by atoms with Crippen molar-refractivity contribution in [1.29, 1.82) is 0 Å². The Hall–Kier alpha value is -3.68. The third-order valence-corrected chi connectivity index (χ3v) is 5.86. The van der Waals surface area contributed by atoms with Crippen LogP contribution in [-0.4, -0.2) is 30.5 Å². The SMILES string of the molecule is CN=CC1=C(N)c2ccc(F)cc2COc2cc(cnc2N)C(=NCC2CC2)C(=C(C)N)C1. The highest BCUT2D eigenvalue weighted by molar-refractivity contribution is 6.14. The summed E-state index contributed by atoms with van der Waals surface area (Å²) in [4.78, 5) is 13.5. The van der Waals surface area contributed by atoms with Crippen LogP contribution in [0.15, 0.2) is 57.3 Å². The number of benzene rings is 1. The zero-order valence-corrected chi connectivity index (χ0v) is 18.9. The quantitative estimate of drug-likeness (QED) is 0.619. The average molecular weight is 449 g/mol. The number of nitrogens with two attached hydrogens (primary N) is 3. The molecule has 2 aliphatic rings. The molecular formula is C25H29FN6O. The van der Waals surface area contributed by atoms with Gasteiger partial charge >= 0.3 is 0 Å². The van der Waals surface area contributed by atoms with Gasteiger partial charge in [-0.1, -0.05) is 0 Å². The second-order valence-corrected chi connectivity index (χ2v) is 8.49. The largest absolute Gasteiger partial charge is 0.485 e. The minimum Gasteiger partial charge on any atom is -0.485 e. The molecule has 2 aromatic rings. The molecule has 4 rings (SSSR count). The van der Waals surface area contributed by atoms with E-state index >= 15 is 0 Å². The number of allylic oxidation sites excluding steroid dienone is 3. The van der Waals surface area contributed by atoms with Gasteiger partial charge in [-0.3, -0.25) is 9.98 Å². The Morgan fingerprint density at radius 3 is 2.76 bits per heavy atom. The smallest absolute Gasteiger partial charge is 0.166 e. The van der Waals surface area contributed by atoms with Crippen LogP contribution in [0.4, 0.5) is 10.2 Å². The van der Waals surface area contributed by atoms with E-state index in [1.165, 1.54) is 25.0 Å². The lowest BCUT2D eigenvalue weighted by atomic mass is 9.92. The lowest BCUT2D eigenvalue weighted by Crippen LogP contribution is -2.17. The summed E-state index contributed by atoms with van der Waals surface area (Å²) in [7, 11) is 1.68. The number of hydrogen-bond acceptors (Lipinski definition) is 7. The van der Waals surface area contributed by atoms with E-state index < -0.39 is 0 Å². The van der Waals surface area contributed by atoms with Gasteiger partial charge in [-0.2, -0.15) is 0 Å². The van der Waals surface area contributed by atoms with Gasteiger partial charge in [0.05, 0.1) is 5.71 Å². The average Bonchev–Trinajstić information content (AvgIpc) is 3.61. The second-order valence-electron chi connectivity index (χ2n) is 8.49. The molecular weight excluding hydrogens is 419 g/mol. The first-order valence-electron chi connectivity index (χ1n) is 11.0. The fraction of sp³-hybridized carbons (Fsp3) is 0.320. The van der Waals surface area contributed by atoms with Crippen molar-refractivity contribution in [3.8, 4) is 5.75 Å². The molecule has 33 heavy (non-hydrogen) atoms. The zero-order chi connectivity index (χ0) is 23.5.